The zero-order chi connectivity index (χ0) is 14.2. The lowest BCUT2D eigenvalue weighted by molar-refractivity contribution is 0.601. The van der Waals surface area contributed by atoms with Crippen molar-refractivity contribution in [3.63, 3.8) is 0 Å². The highest BCUT2D eigenvalue weighted by molar-refractivity contribution is 9.11. The second-order valence-electron chi connectivity index (χ2n) is 3.81. The van der Waals surface area contributed by atoms with Crippen LogP contribution >= 0.6 is 43.2 Å². The first kappa shape index (κ1) is 14.8. The summed E-state index contributed by atoms with van der Waals surface area (Å²) >= 11 is 7.93. The molecule has 0 spiro atoms. The summed E-state index contributed by atoms with van der Waals surface area (Å²) in [5.41, 5.74) is 6.52. The predicted molar refractivity (Wildman–Crippen MR) is 86.1 cm³/mol. The Hall–Kier alpha value is -0.570. The smallest absolute Gasteiger partial charge is 0.263 e. The lowest BCUT2D eigenvalue weighted by atomic mass is 10.3. The summed E-state index contributed by atoms with van der Waals surface area (Å²) in [5, 5.41) is 0. The number of hydrogen-bond acceptors (Lipinski definition) is 4. The molecule has 0 bridgehead atoms. The first-order chi connectivity index (χ1) is 8.79. The van der Waals surface area contributed by atoms with E-state index < -0.39 is 10.0 Å². The number of thiophene rings is 1. The van der Waals surface area contributed by atoms with Crippen LogP contribution < -0.4 is 10.5 Å². The minimum absolute atomic E-state index is 0.256. The van der Waals surface area contributed by atoms with Gasteiger partial charge in [0.2, 0.25) is 0 Å². The minimum Gasteiger partial charge on any atom is -0.397 e. The number of sulfonamides is 1. The van der Waals surface area contributed by atoms with Crippen molar-refractivity contribution >= 4 is 64.6 Å². The standard InChI is InChI=1S/C11H10Br2N2O2S2/c1-6-10(5-11(13)18-6)19(16,17)15-9-3-2-7(12)4-8(9)14/h2-5,15H,14H2,1H3. The van der Waals surface area contributed by atoms with Gasteiger partial charge in [-0.1, -0.05) is 15.9 Å². The molecule has 0 saturated carbocycles. The Bertz CT molecular complexity index is 726. The molecule has 0 aliphatic carbocycles. The van der Waals surface area contributed by atoms with E-state index in [0.29, 0.717) is 11.4 Å². The van der Waals surface area contributed by atoms with Crippen LogP contribution in [0.25, 0.3) is 0 Å². The number of anilines is 2. The van der Waals surface area contributed by atoms with Gasteiger partial charge in [0, 0.05) is 9.35 Å². The van der Waals surface area contributed by atoms with Gasteiger partial charge in [0.05, 0.1) is 15.2 Å². The molecule has 102 valence electrons. The van der Waals surface area contributed by atoms with Crippen LogP contribution in [0.1, 0.15) is 4.88 Å². The van der Waals surface area contributed by atoms with Crippen LogP contribution in [0.15, 0.2) is 37.4 Å². The second kappa shape index (κ2) is 5.43. The maximum absolute atomic E-state index is 12.3. The zero-order valence-corrected chi connectivity index (χ0v) is 14.6. The van der Waals surface area contributed by atoms with Gasteiger partial charge in [-0.05, 0) is 47.1 Å². The number of rotatable bonds is 3. The molecule has 0 saturated heterocycles. The highest BCUT2D eigenvalue weighted by Gasteiger charge is 2.20. The molecule has 0 fully saturated rings. The fourth-order valence-electron chi connectivity index (χ4n) is 1.52. The number of nitrogen functional groups attached to an aromatic ring is 1. The zero-order valence-electron chi connectivity index (χ0n) is 9.78. The molecule has 2 rings (SSSR count). The normalized spacial score (nSPS) is 11.5. The van der Waals surface area contributed by atoms with Crippen molar-refractivity contribution in [2.45, 2.75) is 11.8 Å². The van der Waals surface area contributed by atoms with E-state index in [9.17, 15) is 8.42 Å². The maximum Gasteiger partial charge on any atom is 0.263 e. The van der Waals surface area contributed by atoms with Crippen molar-refractivity contribution in [1.29, 1.82) is 0 Å². The molecule has 4 nitrogen and oxygen atoms in total. The van der Waals surface area contributed by atoms with E-state index in [4.69, 9.17) is 5.73 Å². The number of halogens is 2. The number of hydrogen-bond donors (Lipinski definition) is 2. The monoisotopic (exact) mass is 424 g/mol. The molecule has 8 heteroatoms. The Morgan fingerprint density at radius 2 is 1.95 bits per heavy atom. The Kier molecular flexibility index (Phi) is 4.24. The highest BCUT2D eigenvalue weighted by atomic mass is 79.9. The van der Waals surface area contributed by atoms with E-state index in [-0.39, 0.29) is 4.90 Å². The van der Waals surface area contributed by atoms with Gasteiger partial charge in [-0.2, -0.15) is 0 Å². The third-order valence-electron chi connectivity index (χ3n) is 2.39. The van der Waals surface area contributed by atoms with E-state index >= 15 is 0 Å². The molecule has 0 amide bonds. The van der Waals surface area contributed by atoms with Crippen molar-refractivity contribution in [3.8, 4) is 0 Å². The molecule has 2 aromatic rings. The Balaban J connectivity index is 2.39. The summed E-state index contributed by atoms with van der Waals surface area (Å²) in [5.74, 6) is 0. The molecule has 0 aliphatic rings. The topological polar surface area (TPSA) is 72.2 Å². The molecule has 0 atom stereocenters. The van der Waals surface area contributed by atoms with E-state index in [1.807, 2.05) is 0 Å². The number of nitrogens with two attached hydrogens (primary N) is 1. The molecule has 0 aliphatic heterocycles. The van der Waals surface area contributed by atoms with Gasteiger partial charge in [0.25, 0.3) is 10.0 Å². The molecular formula is C11H10Br2N2O2S2. The van der Waals surface area contributed by atoms with Crippen LogP contribution in [0, 0.1) is 6.92 Å². The molecule has 1 heterocycles. The van der Waals surface area contributed by atoms with E-state index in [1.165, 1.54) is 11.3 Å². The highest BCUT2D eigenvalue weighted by Crippen LogP contribution is 2.32. The first-order valence-corrected chi connectivity index (χ1v) is 9.02. The summed E-state index contributed by atoms with van der Waals surface area (Å²) in [6, 6.07) is 6.57. The third-order valence-corrected chi connectivity index (χ3v) is 6.06. The van der Waals surface area contributed by atoms with Gasteiger partial charge in [0.15, 0.2) is 0 Å². The van der Waals surface area contributed by atoms with Crippen LogP contribution in [0.3, 0.4) is 0 Å². The number of benzene rings is 1. The maximum atomic E-state index is 12.3. The van der Waals surface area contributed by atoms with Gasteiger partial charge in [-0.3, -0.25) is 4.72 Å². The molecule has 1 aromatic carbocycles. The minimum atomic E-state index is -3.62. The summed E-state index contributed by atoms with van der Waals surface area (Å²) in [6.45, 7) is 1.76. The average Bonchev–Trinajstić information content (AvgIpc) is 2.63. The van der Waals surface area contributed by atoms with Crippen LogP contribution in [0.2, 0.25) is 0 Å². The SMILES string of the molecule is Cc1sc(Br)cc1S(=O)(=O)Nc1ccc(Br)cc1N. The van der Waals surface area contributed by atoms with E-state index in [0.717, 1.165) is 13.1 Å². The molecule has 19 heavy (non-hydrogen) atoms. The van der Waals surface area contributed by atoms with Crippen LogP contribution in [-0.2, 0) is 10.0 Å². The number of nitrogens with one attached hydrogen (secondary N) is 1. The lowest BCUT2D eigenvalue weighted by Crippen LogP contribution is -2.14. The van der Waals surface area contributed by atoms with Crippen molar-refractivity contribution in [1.82, 2.24) is 0 Å². The first-order valence-electron chi connectivity index (χ1n) is 5.13. The largest absolute Gasteiger partial charge is 0.397 e. The second-order valence-corrected chi connectivity index (χ2v) is 9.01. The molecule has 1 aromatic heterocycles. The summed E-state index contributed by atoms with van der Waals surface area (Å²) in [6.07, 6.45) is 0. The van der Waals surface area contributed by atoms with Crippen molar-refractivity contribution < 1.29 is 8.42 Å². The molecule has 3 N–H and O–H groups in total. The van der Waals surface area contributed by atoms with Crippen molar-refractivity contribution in [2.24, 2.45) is 0 Å². The lowest BCUT2D eigenvalue weighted by Gasteiger charge is -2.10. The van der Waals surface area contributed by atoms with Crippen LogP contribution in [0.5, 0.6) is 0 Å². The predicted octanol–water partition coefficient (Wildman–Crippen LogP) is 3.96. The van der Waals surface area contributed by atoms with Gasteiger partial charge < -0.3 is 5.73 Å². The summed E-state index contributed by atoms with van der Waals surface area (Å²) in [7, 11) is -3.62. The fourth-order valence-corrected chi connectivity index (χ4v) is 5.41. The van der Waals surface area contributed by atoms with Gasteiger partial charge in [0.1, 0.15) is 4.90 Å². The molecule has 0 unspecified atom stereocenters. The van der Waals surface area contributed by atoms with Crippen molar-refractivity contribution in [2.75, 3.05) is 10.5 Å². The fraction of sp³-hybridized carbons (Fsp3) is 0.0909. The average molecular weight is 426 g/mol. The Morgan fingerprint density at radius 3 is 2.47 bits per heavy atom. The third kappa shape index (κ3) is 3.31. The van der Waals surface area contributed by atoms with Crippen LogP contribution in [-0.4, -0.2) is 8.42 Å². The molecular weight excluding hydrogens is 416 g/mol. The van der Waals surface area contributed by atoms with Gasteiger partial charge >= 0.3 is 0 Å². The summed E-state index contributed by atoms with van der Waals surface area (Å²) < 4.78 is 28.6. The Labute approximate surface area is 132 Å². The Morgan fingerprint density at radius 1 is 1.26 bits per heavy atom. The molecule has 0 radical (unpaired) electrons. The summed E-state index contributed by atoms with van der Waals surface area (Å²) in [4.78, 5) is 0.974. The quantitative estimate of drug-likeness (QED) is 0.730. The number of aryl methyl sites for hydroxylation is 1. The van der Waals surface area contributed by atoms with Gasteiger partial charge in [-0.25, -0.2) is 8.42 Å². The van der Waals surface area contributed by atoms with Crippen LogP contribution in [0.4, 0.5) is 11.4 Å². The van der Waals surface area contributed by atoms with Gasteiger partial charge in [-0.15, -0.1) is 11.3 Å². The van der Waals surface area contributed by atoms with Crippen molar-refractivity contribution in [3.05, 3.63) is 37.4 Å². The van der Waals surface area contributed by atoms with E-state index in [2.05, 4.69) is 36.6 Å². The van der Waals surface area contributed by atoms with E-state index in [1.54, 1.807) is 31.2 Å².